The minimum absolute atomic E-state index is 0.253. The van der Waals surface area contributed by atoms with Crippen LogP contribution in [0, 0.1) is 6.92 Å². The summed E-state index contributed by atoms with van der Waals surface area (Å²) >= 11 is 3.64. The molecule has 1 atom stereocenters. The molecular weight excluding hydrogens is 322 g/mol. The standard InChI is InChI=1S/C19H24BrN/c1-4-7-15-10-12-16(13-11-15)19(21-5-2)17-8-6-9-18(20)14(17)3/h6,8-13,19,21H,4-5,7H2,1-3H3. The number of aryl methyl sites for hydroxylation is 1. The van der Waals surface area contributed by atoms with Crippen LogP contribution in [0.5, 0.6) is 0 Å². The molecule has 0 bridgehead atoms. The Balaban J connectivity index is 2.36. The maximum Gasteiger partial charge on any atom is 0.0579 e. The van der Waals surface area contributed by atoms with Gasteiger partial charge in [-0.15, -0.1) is 0 Å². The SMILES string of the molecule is CCCc1ccc(C(NCC)c2cccc(Br)c2C)cc1. The highest BCUT2D eigenvalue weighted by Crippen LogP contribution is 2.29. The van der Waals surface area contributed by atoms with Gasteiger partial charge in [-0.05, 0) is 48.2 Å². The summed E-state index contributed by atoms with van der Waals surface area (Å²) in [5.41, 5.74) is 5.40. The highest BCUT2D eigenvalue weighted by atomic mass is 79.9. The lowest BCUT2D eigenvalue weighted by molar-refractivity contribution is 0.627. The van der Waals surface area contributed by atoms with E-state index in [0.717, 1.165) is 13.0 Å². The van der Waals surface area contributed by atoms with Gasteiger partial charge >= 0.3 is 0 Å². The van der Waals surface area contributed by atoms with Crippen molar-refractivity contribution in [3.63, 3.8) is 0 Å². The lowest BCUT2D eigenvalue weighted by Crippen LogP contribution is -2.22. The van der Waals surface area contributed by atoms with Crippen LogP contribution in [0.3, 0.4) is 0 Å². The average molecular weight is 346 g/mol. The van der Waals surface area contributed by atoms with Crippen molar-refractivity contribution >= 4 is 15.9 Å². The van der Waals surface area contributed by atoms with Gasteiger partial charge in [-0.1, -0.05) is 72.6 Å². The summed E-state index contributed by atoms with van der Waals surface area (Å²) in [6.45, 7) is 7.51. The Morgan fingerprint density at radius 1 is 1.05 bits per heavy atom. The molecule has 1 nitrogen and oxygen atoms in total. The molecule has 0 spiro atoms. The second kappa shape index (κ2) is 7.77. The molecule has 0 amide bonds. The van der Waals surface area contributed by atoms with E-state index >= 15 is 0 Å². The van der Waals surface area contributed by atoms with Crippen molar-refractivity contribution in [3.8, 4) is 0 Å². The number of benzene rings is 2. The molecule has 21 heavy (non-hydrogen) atoms. The van der Waals surface area contributed by atoms with Crippen molar-refractivity contribution in [2.75, 3.05) is 6.54 Å². The summed E-state index contributed by atoms with van der Waals surface area (Å²) in [7, 11) is 0. The van der Waals surface area contributed by atoms with Crippen LogP contribution in [0.15, 0.2) is 46.9 Å². The van der Waals surface area contributed by atoms with Crippen molar-refractivity contribution in [1.29, 1.82) is 0 Å². The maximum atomic E-state index is 3.64. The quantitative estimate of drug-likeness (QED) is 0.737. The first-order valence-corrected chi connectivity index (χ1v) is 8.53. The van der Waals surface area contributed by atoms with Gasteiger partial charge in [0.15, 0.2) is 0 Å². The fourth-order valence-corrected chi connectivity index (χ4v) is 3.10. The molecule has 0 heterocycles. The third kappa shape index (κ3) is 3.96. The van der Waals surface area contributed by atoms with Crippen molar-refractivity contribution in [3.05, 3.63) is 69.2 Å². The molecule has 2 heteroatoms. The van der Waals surface area contributed by atoms with E-state index in [9.17, 15) is 0 Å². The summed E-state index contributed by atoms with van der Waals surface area (Å²) in [6, 6.07) is 15.7. The monoisotopic (exact) mass is 345 g/mol. The third-order valence-electron chi connectivity index (χ3n) is 3.88. The molecular formula is C19H24BrN. The van der Waals surface area contributed by atoms with Crippen LogP contribution in [0.25, 0.3) is 0 Å². The van der Waals surface area contributed by atoms with Gasteiger partial charge in [0.25, 0.3) is 0 Å². The molecule has 0 aliphatic rings. The first kappa shape index (κ1) is 16.3. The number of halogens is 1. The number of rotatable bonds is 6. The normalized spacial score (nSPS) is 12.4. The van der Waals surface area contributed by atoms with Crippen LogP contribution in [0.4, 0.5) is 0 Å². The number of hydrogen-bond donors (Lipinski definition) is 1. The summed E-state index contributed by atoms with van der Waals surface area (Å²) in [6.07, 6.45) is 2.35. The molecule has 2 aromatic rings. The van der Waals surface area contributed by atoms with E-state index in [0.29, 0.717) is 0 Å². The van der Waals surface area contributed by atoms with E-state index in [4.69, 9.17) is 0 Å². The first-order chi connectivity index (χ1) is 10.2. The van der Waals surface area contributed by atoms with Gasteiger partial charge in [0, 0.05) is 4.47 Å². The van der Waals surface area contributed by atoms with E-state index in [1.54, 1.807) is 0 Å². The Kier molecular flexibility index (Phi) is 6.01. The second-order valence-electron chi connectivity index (χ2n) is 5.44. The molecule has 0 saturated heterocycles. The molecule has 2 aromatic carbocycles. The molecule has 2 rings (SSSR count). The van der Waals surface area contributed by atoms with Gasteiger partial charge in [0.1, 0.15) is 0 Å². The Bertz CT molecular complexity index is 575. The van der Waals surface area contributed by atoms with Gasteiger partial charge in [0.2, 0.25) is 0 Å². The van der Waals surface area contributed by atoms with E-state index in [1.165, 1.54) is 33.1 Å². The Labute approximate surface area is 136 Å². The second-order valence-corrected chi connectivity index (χ2v) is 6.29. The number of hydrogen-bond acceptors (Lipinski definition) is 1. The highest BCUT2D eigenvalue weighted by Gasteiger charge is 2.16. The summed E-state index contributed by atoms with van der Waals surface area (Å²) in [5, 5.41) is 3.61. The molecule has 0 aliphatic heterocycles. The Morgan fingerprint density at radius 3 is 2.38 bits per heavy atom. The van der Waals surface area contributed by atoms with E-state index in [1.807, 2.05) is 0 Å². The van der Waals surface area contributed by atoms with Crippen molar-refractivity contribution in [2.24, 2.45) is 0 Å². The molecule has 1 N–H and O–H groups in total. The first-order valence-electron chi connectivity index (χ1n) is 7.74. The molecule has 112 valence electrons. The van der Waals surface area contributed by atoms with Gasteiger partial charge in [0.05, 0.1) is 6.04 Å². The highest BCUT2D eigenvalue weighted by molar-refractivity contribution is 9.10. The predicted molar refractivity (Wildman–Crippen MR) is 94.8 cm³/mol. The lowest BCUT2D eigenvalue weighted by Gasteiger charge is -2.22. The summed E-state index contributed by atoms with van der Waals surface area (Å²) in [5.74, 6) is 0. The molecule has 0 aromatic heterocycles. The number of nitrogens with one attached hydrogen (secondary N) is 1. The fourth-order valence-electron chi connectivity index (χ4n) is 2.71. The summed E-state index contributed by atoms with van der Waals surface area (Å²) in [4.78, 5) is 0. The van der Waals surface area contributed by atoms with Crippen LogP contribution >= 0.6 is 15.9 Å². The van der Waals surface area contributed by atoms with Crippen molar-refractivity contribution < 1.29 is 0 Å². The van der Waals surface area contributed by atoms with E-state index < -0.39 is 0 Å². The predicted octanol–water partition coefficient (Wildman–Crippen LogP) is 5.41. The molecule has 0 aliphatic carbocycles. The van der Waals surface area contributed by atoms with Gasteiger partial charge in [-0.3, -0.25) is 0 Å². The average Bonchev–Trinajstić information content (AvgIpc) is 2.49. The van der Waals surface area contributed by atoms with E-state index in [-0.39, 0.29) is 6.04 Å². The van der Waals surface area contributed by atoms with Gasteiger partial charge < -0.3 is 5.32 Å². The Hall–Kier alpha value is -1.12. The van der Waals surface area contributed by atoms with Crippen LogP contribution in [0.1, 0.15) is 48.6 Å². The molecule has 0 radical (unpaired) electrons. The minimum atomic E-state index is 0.253. The van der Waals surface area contributed by atoms with Crippen molar-refractivity contribution in [1.82, 2.24) is 5.32 Å². The summed E-state index contributed by atoms with van der Waals surface area (Å²) < 4.78 is 1.17. The minimum Gasteiger partial charge on any atom is -0.307 e. The Morgan fingerprint density at radius 2 is 1.76 bits per heavy atom. The fraction of sp³-hybridized carbons (Fsp3) is 0.368. The maximum absolute atomic E-state index is 3.64. The van der Waals surface area contributed by atoms with Crippen LogP contribution in [-0.2, 0) is 6.42 Å². The van der Waals surface area contributed by atoms with Crippen LogP contribution in [0.2, 0.25) is 0 Å². The topological polar surface area (TPSA) is 12.0 Å². The zero-order valence-corrected chi connectivity index (χ0v) is 14.7. The molecule has 1 unspecified atom stereocenters. The zero-order valence-electron chi connectivity index (χ0n) is 13.1. The largest absolute Gasteiger partial charge is 0.307 e. The van der Waals surface area contributed by atoms with Crippen LogP contribution in [-0.4, -0.2) is 6.54 Å². The third-order valence-corrected chi connectivity index (χ3v) is 4.74. The smallest absolute Gasteiger partial charge is 0.0579 e. The van der Waals surface area contributed by atoms with Gasteiger partial charge in [-0.2, -0.15) is 0 Å². The van der Waals surface area contributed by atoms with E-state index in [2.05, 4.69) is 84.5 Å². The molecule has 0 fully saturated rings. The van der Waals surface area contributed by atoms with Gasteiger partial charge in [-0.25, -0.2) is 0 Å². The van der Waals surface area contributed by atoms with Crippen LogP contribution < -0.4 is 5.32 Å². The molecule has 0 saturated carbocycles. The van der Waals surface area contributed by atoms with Crippen molar-refractivity contribution in [2.45, 2.75) is 39.7 Å². The lowest BCUT2D eigenvalue weighted by atomic mass is 9.94. The zero-order chi connectivity index (χ0) is 15.2.